The number of benzene rings is 6. The molecule has 0 saturated carbocycles. The predicted octanol–water partition coefficient (Wildman–Crippen LogP) is 8.15. The fourth-order valence-electron chi connectivity index (χ4n) is 16.4. The first-order chi connectivity index (χ1) is 66.1. The van der Waals surface area contributed by atoms with Crippen LogP contribution >= 0.6 is 0 Å². The Morgan fingerprint density at radius 3 is 1.61 bits per heavy atom. The van der Waals surface area contributed by atoms with Crippen molar-refractivity contribution in [3.63, 3.8) is 0 Å². The number of aliphatic hydroxyl groups is 2. The van der Waals surface area contributed by atoms with E-state index in [-0.39, 0.29) is 212 Å². The molecule has 2 unspecified atom stereocenters. The Labute approximate surface area is 794 Å². The molecule has 6 atom stereocenters. The Bertz CT molecular complexity index is 5410. The Hall–Kier alpha value is -13.4. The number of carbonyl (C=O) groups is 14. The number of imide groups is 1. The second-order valence-electron chi connectivity index (χ2n) is 34.5. The SMILES string of the molecule is COc1ccc(C2=C[C@H]3C(O)N4C(=O)OCc5ccc(cc5)CC(=O)CNCCOCCCC(=O)CCC(=O)NCCOCCNCC(=O)Cc5ccc(cc5)COC(=O)N5c6cc(c(OC)cc6C(=O)N6CC(c7ccc(NC(=O)[C@H](C)NC(=O)[C@@H](NC(=O)CCOCCCC(=O)CCCN8C(=O)C=CC8=O)C(C)C)cc7)=C[C@H]6C5O)OCCCCCOc5cc4c(cc5C)C(=O)N3C2)cc1. The zero-order valence-corrected chi connectivity index (χ0v) is 78.0. The molecule has 6 aromatic carbocycles. The maximum atomic E-state index is 15.2. The maximum Gasteiger partial charge on any atom is 0.416 e. The van der Waals surface area contributed by atoms with Crippen LogP contribution in [0, 0.1) is 12.8 Å². The van der Waals surface area contributed by atoms with Gasteiger partial charge < -0.3 is 94.5 Å². The minimum absolute atomic E-state index is 0.0210. The van der Waals surface area contributed by atoms with Gasteiger partial charge in [0.1, 0.15) is 48.4 Å². The number of amides is 10. The second-order valence-corrected chi connectivity index (χ2v) is 34.5. The number of anilines is 3. The molecular weight excluding hydrogens is 1770 g/mol. The lowest BCUT2D eigenvalue weighted by molar-refractivity contribution is -0.137. The molecule has 730 valence electrons. The van der Waals surface area contributed by atoms with Gasteiger partial charge in [0.2, 0.25) is 23.6 Å². The zero-order chi connectivity index (χ0) is 97.6. The number of methoxy groups -OCH3 is 2. The first-order valence-electron chi connectivity index (χ1n) is 46.4. The minimum atomic E-state index is -1.78. The molecule has 10 amide bonds. The van der Waals surface area contributed by atoms with Gasteiger partial charge in [-0.2, -0.15) is 0 Å². The predicted molar refractivity (Wildman–Crippen MR) is 503 cm³/mol. The van der Waals surface area contributed by atoms with Crippen molar-refractivity contribution in [2.45, 2.75) is 167 Å². The number of hydrogen-bond acceptors (Lipinski definition) is 27. The molecular formula is C101H121N11O25. The summed E-state index contributed by atoms with van der Waals surface area (Å²) in [6.45, 7) is 9.11. The molecule has 9 heterocycles. The molecule has 0 spiro atoms. The second kappa shape index (κ2) is 50.5. The van der Waals surface area contributed by atoms with E-state index < -0.39 is 90.2 Å². The summed E-state index contributed by atoms with van der Waals surface area (Å²) in [4.78, 5) is 193. The van der Waals surface area contributed by atoms with E-state index in [1.54, 1.807) is 137 Å². The lowest BCUT2D eigenvalue weighted by atomic mass is 10.0. The topological polar surface area (TPSA) is 451 Å². The van der Waals surface area contributed by atoms with Crippen molar-refractivity contribution in [1.82, 2.24) is 41.3 Å². The number of hydrogen-bond donors (Lipinski definition) is 8. The van der Waals surface area contributed by atoms with Crippen LogP contribution in [-0.4, -0.2) is 264 Å². The molecule has 36 nitrogen and oxygen atoms in total. The molecule has 8 bridgehead atoms. The van der Waals surface area contributed by atoms with Crippen LogP contribution < -0.4 is 60.6 Å². The molecule has 9 aliphatic rings. The lowest BCUT2D eigenvalue weighted by Gasteiger charge is -2.31. The number of ketones is 4. The molecule has 9 aliphatic heterocycles. The average molecular weight is 1890 g/mol. The number of Topliss-reactive ketones (excluding diaryl/α,β-unsaturated/α-hetero) is 4. The Balaban J connectivity index is 0.702. The largest absolute Gasteiger partial charge is 0.497 e. The van der Waals surface area contributed by atoms with Gasteiger partial charge >= 0.3 is 12.2 Å². The van der Waals surface area contributed by atoms with Crippen molar-refractivity contribution in [3.05, 3.63) is 196 Å². The summed E-state index contributed by atoms with van der Waals surface area (Å²) >= 11 is 0. The van der Waals surface area contributed by atoms with Crippen LogP contribution in [-0.2, 0) is 97.7 Å². The maximum absolute atomic E-state index is 15.2. The monoisotopic (exact) mass is 1890 g/mol. The summed E-state index contributed by atoms with van der Waals surface area (Å²) in [7, 11) is 2.95. The van der Waals surface area contributed by atoms with Crippen LogP contribution in [0.2, 0.25) is 0 Å². The van der Waals surface area contributed by atoms with Crippen molar-refractivity contribution in [3.8, 4) is 23.0 Å². The summed E-state index contributed by atoms with van der Waals surface area (Å²) in [6, 6.07) is 29.6. The van der Waals surface area contributed by atoms with Gasteiger partial charge in [-0.15, -0.1) is 0 Å². The molecule has 0 saturated heterocycles. The third-order valence-corrected chi connectivity index (χ3v) is 24.0. The zero-order valence-electron chi connectivity index (χ0n) is 78.0. The van der Waals surface area contributed by atoms with Gasteiger partial charge in [-0.05, 0) is 145 Å². The average Bonchev–Trinajstić information content (AvgIpc) is 1.61. The van der Waals surface area contributed by atoms with E-state index in [1.807, 2.05) is 12.1 Å². The van der Waals surface area contributed by atoms with Crippen molar-refractivity contribution in [1.29, 1.82) is 0 Å². The van der Waals surface area contributed by atoms with Gasteiger partial charge in [-0.25, -0.2) is 19.4 Å². The highest BCUT2D eigenvalue weighted by molar-refractivity contribution is 6.13. The first-order valence-corrected chi connectivity index (χ1v) is 46.4. The highest BCUT2D eigenvalue weighted by Gasteiger charge is 2.48. The van der Waals surface area contributed by atoms with Gasteiger partial charge in [-0.3, -0.25) is 62.4 Å². The molecule has 36 heteroatoms. The van der Waals surface area contributed by atoms with Crippen LogP contribution in [0.15, 0.2) is 146 Å². The normalized spacial score (nSPS) is 19.8. The highest BCUT2D eigenvalue weighted by Crippen LogP contribution is 2.44. The Morgan fingerprint density at radius 1 is 0.518 bits per heavy atom. The van der Waals surface area contributed by atoms with E-state index in [2.05, 4.69) is 31.9 Å². The van der Waals surface area contributed by atoms with Crippen LogP contribution in [0.4, 0.5) is 26.7 Å². The van der Waals surface area contributed by atoms with Gasteiger partial charge in [0.05, 0.1) is 102 Å². The van der Waals surface area contributed by atoms with E-state index in [4.69, 9.17) is 42.6 Å². The fourth-order valence-corrected chi connectivity index (χ4v) is 16.4. The lowest BCUT2D eigenvalue weighted by Crippen LogP contribution is -2.53. The third kappa shape index (κ3) is 28.6. The number of fused-ring (bicyclic) bond motifs is 2. The molecule has 0 aromatic heterocycles. The smallest absolute Gasteiger partial charge is 0.416 e. The van der Waals surface area contributed by atoms with Crippen molar-refractivity contribution < 1.29 is 120 Å². The van der Waals surface area contributed by atoms with Gasteiger partial charge in [-0.1, -0.05) is 98.8 Å². The number of rotatable bonds is 21. The molecule has 6 aromatic rings. The molecule has 15 rings (SSSR count). The van der Waals surface area contributed by atoms with E-state index in [9.17, 15) is 72.5 Å². The van der Waals surface area contributed by atoms with Gasteiger partial charge in [0, 0.05) is 134 Å². The number of ether oxygens (including phenoxy) is 9. The quantitative estimate of drug-likeness (QED) is 0.0249. The molecule has 0 aliphatic carbocycles. The molecule has 0 radical (unpaired) electrons. The highest BCUT2D eigenvalue weighted by atomic mass is 16.6. The van der Waals surface area contributed by atoms with E-state index in [0.29, 0.717) is 115 Å². The van der Waals surface area contributed by atoms with Crippen molar-refractivity contribution in [2.24, 2.45) is 5.92 Å². The molecule has 8 N–H and O–H groups in total. The van der Waals surface area contributed by atoms with Crippen LogP contribution in [0.5, 0.6) is 23.0 Å². The number of nitrogens with zero attached hydrogens (tertiary/aromatic N) is 5. The summed E-state index contributed by atoms with van der Waals surface area (Å²) in [6.07, 6.45) is 3.97. The number of aryl methyl sites for hydroxylation is 1. The Morgan fingerprint density at radius 2 is 1.04 bits per heavy atom. The minimum Gasteiger partial charge on any atom is -0.497 e. The van der Waals surface area contributed by atoms with E-state index in [1.165, 1.54) is 48.1 Å². The number of aliphatic hydroxyl groups excluding tert-OH is 2. The molecule has 137 heavy (non-hydrogen) atoms. The fraction of sp³-hybridized carbons (Fsp3) is 0.446. The van der Waals surface area contributed by atoms with E-state index >= 15 is 4.79 Å². The van der Waals surface area contributed by atoms with Gasteiger partial charge in [0.25, 0.3) is 23.6 Å². The summed E-state index contributed by atoms with van der Waals surface area (Å²) in [5.74, 6) is -3.25. The first kappa shape index (κ1) is 103. The van der Waals surface area contributed by atoms with Crippen LogP contribution in [0.3, 0.4) is 0 Å². The van der Waals surface area contributed by atoms with Gasteiger partial charge in [0.15, 0.2) is 35.5 Å². The van der Waals surface area contributed by atoms with Crippen molar-refractivity contribution >= 4 is 111 Å². The summed E-state index contributed by atoms with van der Waals surface area (Å²) < 4.78 is 53.0. The number of carbonyl (C=O) groups excluding carboxylic acids is 14. The standard InChI is InChI=1S/C101H121N11O25/c1-63(2)93(107-90(118)36-45-131-41-11-14-75(113)13-10-40-108-91(119)34-35-92(108)120)95(122)105-65(4)94(121)106-74-28-24-70(25-29-74)72-52-85-99(126)112-83-56-88(87(130-6)54-81(83)97(124)110(85)59-72)135-44-9-7-8-43-134-86-55-82-80(49-64(86)3)96(123)109-60-73(71-26-31-79(129-5)32-27-71)53-84(109)98(125)111(82)100(127)136-61-68-20-16-66(17-21-68)50-77(115)57-102-37-46-132-42-12-15-76(114)30-33-89(117)104-39-48-133-47-38-103-58-78(116)51-67-18-22-69(23-19-67)62-137-101(112)128/h16-29,31-32,34-35,49,52-56,63,65,84-85,93,98-99,102-103,125-126H,7-15,30,33,36-48,50-51,57-62H2,1-6H3,(H,104,117)(H,105,122)(H,106,121)(H,107,118)/t65-,84-,85-,93-,98?,99?/m0/s1. The van der Waals surface area contributed by atoms with E-state index in [0.717, 1.165) is 31.4 Å². The Kier molecular flexibility index (Phi) is 37.8. The summed E-state index contributed by atoms with van der Waals surface area (Å²) in [5, 5.41) is 42.3. The number of nitrogens with one attached hydrogen (secondary N) is 6. The van der Waals surface area contributed by atoms with Crippen molar-refractivity contribution in [2.75, 3.05) is 135 Å². The van der Waals surface area contributed by atoms with Crippen LogP contribution in [0.25, 0.3) is 11.1 Å². The van der Waals surface area contributed by atoms with Crippen LogP contribution in [0.1, 0.15) is 157 Å². The summed E-state index contributed by atoms with van der Waals surface area (Å²) in [5.41, 5.74) is 6.22. The third-order valence-electron chi connectivity index (χ3n) is 24.0. The molecule has 0 fully saturated rings.